The third-order valence-corrected chi connectivity index (χ3v) is 6.21. The van der Waals surface area contributed by atoms with E-state index < -0.39 is 10.0 Å². The van der Waals surface area contributed by atoms with Gasteiger partial charge in [0.25, 0.3) is 0 Å². The largest absolute Gasteiger partial charge is 0.329 e. The Morgan fingerprint density at radius 1 is 1.25 bits per heavy atom. The lowest BCUT2D eigenvalue weighted by Gasteiger charge is -2.32. The van der Waals surface area contributed by atoms with Gasteiger partial charge in [-0.25, -0.2) is 17.7 Å². The van der Waals surface area contributed by atoms with E-state index in [2.05, 4.69) is 42.5 Å². The number of nitrogens with zero attached hydrogens (tertiary/aromatic N) is 3. The zero-order valence-electron chi connectivity index (χ0n) is 15.0. The monoisotopic (exact) mass is 349 g/mol. The van der Waals surface area contributed by atoms with E-state index in [1.54, 1.807) is 4.31 Å². The highest BCUT2D eigenvalue weighted by Crippen LogP contribution is 2.31. The van der Waals surface area contributed by atoms with Gasteiger partial charge in [-0.05, 0) is 37.0 Å². The maximum Gasteiger partial charge on any atom is 0.211 e. The van der Waals surface area contributed by atoms with E-state index in [-0.39, 0.29) is 5.41 Å². The second kappa shape index (κ2) is 6.15. The Hall–Kier alpha value is -1.40. The van der Waals surface area contributed by atoms with Crippen LogP contribution in [0.2, 0.25) is 0 Å². The van der Waals surface area contributed by atoms with Crippen molar-refractivity contribution in [3.8, 4) is 0 Å². The van der Waals surface area contributed by atoms with Gasteiger partial charge in [0.15, 0.2) is 0 Å². The maximum absolute atomic E-state index is 11.7. The van der Waals surface area contributed by atoms with Gasteiger partial charge in [-0.1, -0.05) is 20.8 Å². The van der Waals surface area contributed by atoms with E-state index in [0.717, 1.165) is 25.0 Å². The topological polar surface area (TPSA) is 55.2 Å². The first kappa shape index (κ1) is 17.4. The van der Waals surface area contributed by atoms with Crippen molar-refractivity contribution in [2.75, 3.05) is 19.3 Å². The molecule has 2 aromatic rings. The molecule has 3 heterocycles. The highest BCUT2D eigenvalue weighted by molar-refractivity contribution is 7.88. The fourth-order valence-corrected chi connectivity index (χ4v) is 4.45. The molecular formula is C18H27N3O2S. The minimum Gasteiger partial charge on any atom is -0.329 e. The van der Waals surface area contributed by atoms with E-state index in [0.29, 0.717) is 19.0 Å². The molecule has 0 N–H and O–H groups in total. The Morgan fingerprint density at radius 3 is 2.50 bits per heavy atom. The van der Waals surface area contributed by atoms with Crippen LogP contribution < -0.4 is 0 Å². The Bertz CT molecular complexity index is 826. The third kappa shape index (κ3) is 3.49. The van der Waals surface area contributed by atoms with Crippen molar-refractivity contribution < 1.29 is 8.42 Å². The van der Waals surface area contributed by atoms with Gasteiger partial charge in [0.05, 0.1) is 6.26 Å². The van der Waals surface area contributed by atoms with Crippen molar-refractivity contribution in [1.82, 2.24) is 13.9 Å². The number of hydrogen-bond acceptors (Lipinski definition) is 3. The van der Waals surface area contributed by atoms with E-state index in [4.69, 9.17) is 0 Å². The quantitative estimate of drug-likeness (QED) is 0.856. The highest BCUT2D eigenvalue weighted by atomic mass is 32.2. The van der Waals surface area contributed by atoms with Gasteiger partial charge in [0.2, 0.25) is 10.0 Å². The van der Waals surface area contributed by atoms with Gasteiger partial charge in [0, 0.05) is 42.3 Å². The predicted molar refractivity (Wildman–Crippen MR) is 97.6 cm³/mol. The molecule has 0 unspecified atom stereocenters. The number of piperidine rings is 1. The molecule has 0 aromatic carbocycles. The zero-order valence-corrected chi connectivity index (χ0v) is 15.8. The van der Waals surface area contributed by atoms with Crippen molar-refractivity contribution in [2.45, 2.75) is 45.6 Å². The molecule has 0 aliphatic carbocycles. The molecule has 6 heteroatoms. The summed E-state index contributed by atoms with van der Waals surface area (Å²) in [6.45, 7) is 8.84. The molecule has 1 fully saturated rings. The molecule has 3 rings (SSSR count). The van der Waals surface area contributed by atoms with E-state index in [9.17, 15) is 8.42 Å². The van der Waals surface area contributed by atoms with Crippen LogP contribution in [0.5, 0.6) is 0 Å². The number of fused-ring (bicyclic) bond motifs is 1. The second-order valence-electron chi connectivity index (χ2n) is 7.91. The van der Waals surface area contributed by atoms with Crippen molar-refractivity contribution in [3.05, 3.63) is 30.1 Å². The fourth-order valence-electron chi connectivity index (χ4n) is 3.57. The summed E-state index contributed by atoms with van der Waals surface area (Å²) in [5.74, 6) is 0.488. The summed E-state index contributed by atoms with van der Waals surface area (Å²) in [4.78, 5) is 4.59. The van der Waals surface area contributed by atoms with Crippen LogP contribution in [0.1, 0.15) is 39.3 Å². The summed E-state index contributed by atoms with van der Waals surface area (Å²) in [5.41, 5.74) is 2.38. The SMILES string of the molecule is CC(C)(C)c1cc2cccnc2n1CC1CCN(S(C)(=O)=O)CC1. The van der Waals surface area contributed by atoms with Gasteiger partial charge >= 0.3 is 0 Å². The molecule has 0 spiro atoms. The van der Waals surface area contributed by atoms with Crippen molar-refractivity contribution >= 4 is 21.1 Å². The van der Waals surface area contributed by atoms with Crippen LogP contribution in [-0.2, 0) is 22.0 Å². The van der Waals surface area contributed by atoms with Gasteiger partial charge < -0.3 is 4.57 Å². The number of hydrogen-bond donors (Lipinski definition) is 0. The number of aromatic nitrogens is 2. The Kier molecular flexibility index (Phi) is 4.47. The van der Waals surface area contributed by atoms with Gasteiger partial charge in [-0.2, -0.15) is 0 Å². The minimum absolute atomic E-state index is 0.0498. The normalized spacial score (nSPS) is 18.3. The summed E-state index contributed by atoms with van der Waals surface area (Å²) >= 11 is 0. The molecule has 2 aromatic heterocycles. The number of rotatable bonds is 3. The lowest BCUT2D eigenvalue weighted by atomic mass is 9.91. The van der Waals surface area contributed by atoms with Crippen molar-refractivity contribution in [1.29, 1.82) is 0 Å². The molecule has 0 radical (unpaired) electrons. The predicted octanol–water partition coefficient (Wildman–Crippen LogP) is 3.01. The Morgan fingerprint density at radius 2 is 1.92 bits per heavy atom. The Balaban J connectivity index is 1.85. The average Bonchev–Trinajstić information content (AvgIpc) is 2.86. The molecule has 1 saturated heterocycles. The van der Waals surface area contributed by atoms with E-state index in [1.165, 1.54) is 17.3 Å². The molecule has 132 valence electrons. The summed E-state index contributed by atoms with van der Waals surface area (Å²) in [7, 11) is -3.06. The molecule has 24 heavy (non-hydrogen) atoms. The highest BCUT2D eigenvalue weighted by Gasteiger charge is 2.27. The van der Waals surface area contributed by atoms with Crippen molar-refractivity contribution in [3.63, 3.8) is 0 Å². The molecule has 0 saturated carbocycles. The molecular weight excluding hydrogens is 322 g/mol. The van der Waals surface area contributed by atoms with Crippen LogP contribution in [0.15, 0.2) is 24.4 Å². The third-order valence-electron chi connectivity index (χ3n) is 4.91. The lowest BCUT2D eigenvalue weighted by Crippen LogP contribution is -2.38. The summed E-state index contributed by atoms with van der Waals surface area (Å²) in [5, 5.41) is 1.18. The molecule has 1 aliphatic heterocycles. The first-order chi connectivity index (χ1) is 11.2. The van der Waals surface area contributed by atoms with Crippen LogP contribution >= 0.6 is 0 Å². The lowest BCUT2D eigenvalue weighted by molar-refractivity contribution is 0.252. The summed E-state index contributed by atoms with van der Waals surface area (Å²) < 4.78 is 27.3. The zero-order chi connectivity index (χ0) is 17.5. The van der Waals surface area contributed by atoms with Crippen molar-refractivity contribution in [2.24, 2.45) is 5.92 Å². The maximum atomic E-state index is 11.7. The molecule has 5 nitrogen and oxygen atoms in total. The number of pyridine rings is 1. The molecule has 0 atom stereocenters. The molecule has 0 amide bonds. The minimum atomic E-state index is -3.06. The van der Waals surface area contributed by atoms with Crippen LogP contribution in [0.3, 0.4) is 0 Å². The molecule has 0 bridgehead atoms. The van der Waals surface area contributed by atoms with E-state index in [1.807, 2.05) is 12.3 Å². The van der Waals surface area contributed by atoms with E-state index >= 15 is 0 Å². The van der Waals surface area contributed by atoms with Gasteiger partial charge in [-0.3, -0.25) is 0 Å². The first-order valence-electron chi connectivity index (χ1n) is 8.56. The Labute approximate surface area is 144 Å². The smallest absolute Gasteiger partial charge is 0.211 e. The average molecular weight is 350 g/mol. The fraction of sp³-hybridized carbons (Fsp3) is 0.611. The molecule has 1 aliphatic rings. The van der Waals surface area contributed by atoms with Crippen LogP contribution in [0, 0.1) is 5.92 Å². The summed E-state index contributed by atoms with van der Waals surface area (Å²) in [6, 6.07) is 6.33. The summed E-state index contributed by atoms with van der Waals surface area (Å²) in [6.07, 6.45) is 4.96. The second-order valence-corrected chi connectivity index (χ2v) is 9.89. The first-order valence-corrected chi connectivity index (χ1v) is 10.4. The van der Waals surface area contributed by atoms with Crippen LogP contribution in [0.4, 0.5) is 0 Å². The van der Waals surface area contributed by atoms with Crippen LogP contribution in [0.25, 0.3) is 11.0 Å². The standard InChI is InChI=1S/C18H27N3O2S/c1-18(2,3)16-12-15-6-5-9-19-17(15)21(16)13-14-7-10-20(11-8-14)24(4,22)23/h5-6,9,12,14H,7-8,10-11,13H2,1-4H3. The van der Waals surface area contributed by atoms with Gasteiger partial charge in [0.1, 0.15) is 5.65 Å². The van der Waals surface area contributed by atoms with Crippen LogP contribution in [-0.4, -0.2) is 41.6 Å². The van der Waals surface area contributed by atoms with Gasteiger partial charge in [-0.15, -0.1) is 0 Å². The number of sulfonamides is 1.